The lowest BCUT2D eigenvalue weighted by atomic mass is 10.1. The molecule has 0 rings (SSSR count). The summed E-state index contributed by atoms with van der Waals surface area (Å²) in [5.74, 6) is -0.504. The summed E-state index contributed by atoms with van der Waals surface area (Å²) in [5, 5.41) is 22.2. The fourth-order valence-electron chi connectivity index (χ4n) is 1.35. The highest BCUT2D eigenvalue weighted by molar-refractivity contribution is 5.78. The molecule has 0 heterocycles. The molecule has 0 aliphatic carbocycles. The van der Waals surface area contributed by atoms with Crippen LogP contribution in [0.4, 0.5) is 0 Å². The average Bonchev–Trinajstić information content (AvgIpc) is 2.46. The number of unbranched alkanes of at least 4 members (excludes halogenated alkanes) is 1. The molecule has 0 saturated carbocycles. The van der Waals surface area contributed by atoms with Gasteiger partial charge in [-0.1, -0.05) is 25.3 Å². The molecule has 0 saturated heterocycles. The van der Waals surface area contributed by atoms with Gasteiger partial charge in [0.1, 0.15) is 12.1 Å². The van der Waals surface area contributed by atoms with Crippen LogP contribution in [0.15, 0.2) is 25.3 Å². The van der Waals surface area contributed by atoms with Crippen LogP contribution in [0, 0.1) is 22.7 Å². The van der Waals surface area contributed by atoms with E-state index in [0.717, 1.165) is 0 Å². The van der Waals surface area contributed by atoms with Gasteiger partial charge >= 0.3 is 0 Å². The number of rotatable bonds is 9. The minimum atomic E-state index is -0.685. The smallest absolute Gasteiger partial charge is 0.221 e. The van der Waals surface area contributed by atoms with E-state index < -0.39 is 12.1 Å². The van der Waals surface area contributed by atoms with Crippen molar-refractivity contribution in [1.82, 2.24) is 10.6 Å². The molecule has 2 unspecified atom stereocenters. The molecule has 0 aliphatic heterocycles. The second-order valence-corrected chi connectivity index (χ2v) is 4.03. The third kappa shape index (κ3) is 7.67. The van der Waals surface area contributed by atoms with Crippen molar-refractivity contribution in [2.24, 2.45) is 0 Å². The van der Waals surface area contributed by atoms with Crippen molar-refractivity contribution >= 4 is 11.8 Å². The predicted molar refractivity (Wildman–Crippen MR) is 73.9 cm³/mol. The highest BCUT2D eigenvalue weighted by atomic mass is 16.2. The van der Waals surface area contributed by atoms with Gasteiger partial charge in [0.2, 0.25) is 11.8 Å². The molecular weight excluding hydrogens is 256 g/mol. The number of carbonyl (C=O) groups is 2. The number of amides is 2. The standard InChI is InChI=1S/C14H18N4O2/c1-3-11(9-15)17-13(19)7-5-6-8-14(20)18-12(4-2)10-16/h3-4,11-12H,1-2,5-8H2,(H,17,19)(H,18,20). The maximum Gasteiger partial charge on any atom is 0.221 e. The number of nitriles is 2. The predicted octanol–water partition coefficient (Wildman–Crippen LogP) is 0.936. The van der Waals surface area contributed by atoms with Crippen molar-refractivity contribution in [3.8, 4) is 12.1 Å². The zero-order valence-electron chi connectivity index (χ0n) is 11.3. The maximum atomic E-state index is 11.4. The second kappa shape index (κ2) is 10.3. The highest BCUT2D eigenvalue weighted by Gasteiger charge is 2.09. The van der Waals surface area contributed by atoms with E-state index in [-0.39, 0.29) is 24.7 Å². The Morgan fingerprint density at radius 2 is 1.30 bits per heavy atom. The van der Waals surface area contributed by atoms with Gasteiger partial charge in [0.25, 0.3) is 0 Å². The Kier molecular flexibility index (Phi) is 8.99. The summed E-state index contributed by atoms with van der Waals surface area (Å²) in [6.07, 6.45) is 4.23. The molecule has 0 radical (unpaired) electrons. The van der Waals surface area contributed by atoms with E-state index >= 15 is 0 Å². The number of carbonyl (C=O) groups excluding carboxylic acids is 2. The van der Waals surface area contributed by atoms with Crippen molar-refractivity contribution in [3.63, 3.8) is 0 Å². The van der Waals surface area contributed by atoms with E-state index in [4.69, 9.17) is 10.5 Å². The molecule has 106 valence electrons. The van der Waals surface area contributed by atoms with Crippen molar-refractivity contribution in [2.75, 3.05) is 0 Å². The summed E-state index contributed by atoms with van der Waals surface area (Å²) < 4.78 is 0. The van der Waals surface area contributed by atoms with Crippen LogP contribution in [0.25, 0.3) is 0 Å². The van der Waals surface area contributed by atoms with Crippen LogP contribution in [0.3, 0.4) is 0 Å². The zero-order chi connectivity index (χ0) is 15.4. The molecule has 20 heavy (non-hydrogen) atoms. The fourth-order valence-corrected chi connectivity index (χ4v) is 1.35. The molecule has 0 aromatic heterocycles. The van der Waals surface area contributed by atoms with Crippen LogP contribution in [-0.2, 0) is 9.59 Å². The van der Waals surface area contributed by atoms with Gasteiger partial charge in [0.15, 0.2) is 0 Å². The van der Waals surface area contributed by atoms with E-state index in [1.54, 1.807) is 0 Å². The third-order valence-corrected chi connectivity index (χ3v) is 2.44. The lowest BCUT2D eigenvalue weighted by Crippen LogP contribution is -2.32. The molecule has 6 nitrogen and oxygen atoms in total. The first kappa shape index (κ1) is 17.4. The van der Waals surface area contributed by atoms with E-state index in [0.29, 0.717) is 12.8 Å². The monoisotopic (exact) mass is 274 g/mol. The first-order valence-corrected chi connectivity index (χ1v) is 6.20. The number of nitrogens with zero attached hydrogens (tertiary/aromatic N) is 2. The van der Waals surface area contributed by atoms with Crippen molar-refractivity contribution in [2.45, 2.75) is 37.8 Å². The largest absolute Gasteiger partial charge is 0.337 e. The SMILES string of the molecule is C=CC(C#N)NC(=O)CCCCC(=O)NC(C#N)C=C. The topological polar surface area (TPSA) is 106 Å². The summed E-state index contributed by atoms with van der Waals surface area (Å²) >= 11 is 0. The van der Waals surface area contributed by atoms with Gasteiger partial charge < -0.3 is 10.6 Å². The van der Waals surface area contributed by atoms with Gasteiger partial charge in [-0.25, -0.2) is 0 Å². The number of nitrogens with one attached hydrogen (secondary N) is 2. The van der Waals surface area contributed by atoms with Gasteiger partial charge in [-0.2, -0.15) is 10.5 Å². The molecule has 2 atom stereocenters. The lowest BCUT2D eigenvalue weighted by Gasteiger charge is -2.08. The molecule has 0 aromatic carbocycles. The summed E-state index contributed by atoms with van der Waals surface area (Å²) in [4.78, 5) is 22.8. The molecular formula is C14H18N4O2. The normalized spacial score (nSPS) is 12.1. The van der Waals surface area contributed by atoms with Crippen molar-refractivity contribution in [3.05, 3.63) is 25.3 Å². The van der Waals surface area contributed by atoms with Crippen molar-refractivity contribution < 1.29 is 9.59 Å². The Labute approximate surface area is 118 Å². The zero-order valence-corrected chi connectivity index (χ0v) is 11.3. The first-order chi connectivity index (χ1) is 9.57. The lowest BCUT2D eigenvalue weighted by molar-refractivity contribution is -0.123. The van der Waals surface area contributed by atoms with Crippen LogP contribution in [0.2, 0.25) is 0 Å². The van der Waals surface area contributed by atoms with Crippen LogP contribution in [-0.4, -0.2) is 23.9 Å². The quantitative estimate of drug-likeness (QED) is 0.482. The summed E-state index contributed by atoms with van der Waals surface area (Å²) in [7, 11) is 0. The molecule has 0 bridgehead atoms. The molecule has 6 heteroatoms. The Balaban J connectivity index is 3.81. The summed E-state index contributed by atoms with van der Waals surface area (Å²) in [6, 6.07) is 2.37. The second-order valence-electron chi connectivity index (χ2n) is 4.03. The summed E-state index contributed by atoms with van der Waals surface area (Å²) in [6.45, 7) is 6.85. The third-order valence-electron chi connectivity index (χ3n) is 2.44. The molecule has 0 spiro atoms. The Morgan fingerprint density at radius 1 is 0.950 bits per heavy atom. The van der Waals surface area contributed by atoms with Gasteiger partial charge in [-0.15, -0.1) is 0 Å². The van der Waals surface area contributed by atoms with Crippen molar-refractivity contribution in [1.29, 1.82) is 10.5 Å². The number of hydrogen-bond acceptors (Lipinski definition) is 4. The van der Waals surface area contributed by atoms with Crippen LogP contribution in [0.5, 0.6) is 0 Å². The maximum absolute atomic E-state index is 11.4. The Hall–Kier alpha value is -2.60. The van der Waals surface area contributed by atoms with E-state index in [9.17, 15) is 9.59 Å². The number of hydrogen-bond donors (Lipinski definition) is 2. The first-order valence-electron chi connectivity index (χ1n) is 6.20. The minimum absolute atomic E-state index is 0.239. The molecule has 0 aromatic rings. The van der Waals surface area contributed by atoms with Crippen LogP contribution >= 0.6 is 0 Å². The van der Waals surface area contributed by atoms with E-state index in [2.05, 4.69) is 23.8 Å². The average molecular weight is 274 g/mol. The Bertz CT molecular complexity index is 403. The molecule has 0 fully saturated rings. The minimum Gasteiger partial charge on any atom is -0.337 e. The van der Waals surface area contributed by atoms with Gasteiger partial charge in [0, 0.05) is 12.8 Å². The molecule has 0 aliphatic rings. The van der Waals surface area contributed by atoms with E-state index in [1.165, 1.54) is 12.2 Å². The van der Waals surface area contributed by atoms with Crippen LogP contribution < -0.4 is 10.6 Å². The molecule has 2 amide bonds. The van der Waals surface area contributed by atoms with Gasteiger partial charge in [-0.05, 0) is 12.8 Å². The highest BCUT2D eigenvalue weighted by Crippen LogP contribution is 2.01. The molecule has 2 N–H and O–H groups in total. The van der Waals surface area contributed by atoms with Gasteiger partial charge in [0.05, 0.1) is 12.1 Å². The Morgan fingerprint density at radius 3 is 1.55 bits per heavy atom. The van der Waals surface area contributed by atoms with E-state index in [1.807, 2.05) is 12.1 Å². The van der Waals surface area contributed by atoms with Crippen LogP contribution in [0.1, 0.15) is 25.7 Å². The summed E-state index contributed by atoms with van der Waals surface area (Å²) in [5.41, 5.74) is 0. The van der Waals surface area contributed by atoms with Gasteiger partial charge in [-0.3, -0.25) is 9.59 Å². The fraction of sp³-hybridized carbons (Fsp3) is 0.429.